The van der Waals surface area contributed by atoms with E-state index in [1.807, 2.05) is 25.1 Å². The highest BCUT2D eigenvalue weighted by molar-refractivity contribution is 8.00. The maximum Gasteiger partial charge on any atom is 0.230 e. The number of rotatable bonds is 6. The number of nitrogens with two attached hydrogens (primary N) is 1. The first-order chi connectivity index (χ1) is 8.49. The van der Waals surface area contributed by atoms with Crippen molar-refractivity contribution in [2.45, 2.75) is 32.1 Å². The molecule has 0 bridgehead atoms. The molecule has 0 spiro atoms. The number of hydrogen-bond acceptors (Lipinski definition) is 3. The summed E-state index contributed by atoms with van der Waals surface area (Å²) >= 11 is 1.54. The van der Waals surface area contributed by atoms with Crippen molar-refractivity contribution in [2.75, 3.05) is 18.0 Å². The van der Waals surface area contributed by atoms with E-state index in [2.05, 4.69) is 19.2 Å². The van der Waals surface area contributed by atoms with Gasteiger partial charge in [0.25, 0.3) is 0 Å². The van der Waals surface area contributed by atoms with E-state index in [1.165, 1.54) is 11.8 Å². The second kappa shape index (κ2) is 7.31. The van der Waals surface area contributed by atoms with Crippen molar-refractivity contribution >= 4 is 23.4 Å². The zero-order valence-electron chi connectivity index (χ0n) is 11.3. The van der Waals surface area contributed by atoms with Gasteiger partial charge in [-0.2, -0.15) is 0 Å². The van der Waals surface area contributed by atoms with Gasteiger partial charge in [0.15, 0.2) is 0 Å². The predicted molar refractivity (Wildman–Crippen MR) is 78.8 cm³/mol. The molecule has 0 fully saturated rings. The van der Waals surface area contributed by atoms with Gasteiger partial charge in [0.2, 0.25) is 5.91 Å². The number of benzene rings is 1. The van der Waals surface area contributed by atoms with Crippen LogP contribution in [0, 0.1) is 12.8 Å². The highest BCUT2D eigenvalue weighted by Crippen LogP contribution is 2.24. The van der Waals surface area contributed by atoms with Crippen LogP contribution in [0.15, 0.2) is 23.1 Å². The molecule has 0 unspecified atom stereocenters. The van der Waals surface area contributed by atoms with Crippen molar-refractivity contribution in [2.24, 2.45) is 5.92 Å². The van der Waals surface area contributed by atoms with E-state index in [0.717, 1.165) is 29.1 Å². The first-order valence-electron chi connectivity index (χ1n) is 6.24. The Labute approximate surface area is 114 Å². The topological polar surface area (TPSA) is 55.1 Å². The molecular formula is C14H22N2OS. The van der Waals surface area contributed by atoms with Gasteiger partial charge in [0.1, 0.15) is 0 Å². The highest BCUT2D eigenvalue weighted by atomic mass is 32.2. The van der Waals surface area contributed by atoms with Crippen LogP contribution in [0.3, 0.4) is 0 Å². The fraction of sp³-hybridized carbons (Fsp3) is 0.500. The van der Waals surface area contributed by atoms with Crippen molar-refractivity contribution < 1.29 is 4.79 Å². The number of nitrogen functional groups attached to an aromatic ring is 1. The Hall–Kier alpha value is -1.16. The Kier molecular flexibility index (Phi) is 6.05. The van der Waals surface area contributed by atoms with Gasteiger partial charge in [-0.3, -0.25) is 4.79 Å². The largest absolute Gasteiger partial charge is 0.399 e. The molecule has 3 N–H and O–H groups in total. The molecule has 0 saturated heterocycles. The van der Waals surface area contributed by atoms with Gasteiger partial charge < -0.3 is 11.1 Å². The van der Waals surface area contributed by atoms with Gasteiger partial charge >= 0.3 is 0 Å². The fourth-order valence-electron chi connectivity index (χ4n) is 1.47. The number of hydrogen-bond donors (Lipinski definition) is 2. The summed E-state index contributed by atoms with van der Waals surface area (Å²) in [6, 6.07) is 5.78. The molecule has 4 heteroatoms. The molecule has 0 atom stereocenters. The minimum Gasteiger partial charge on any atom is -0.399 e. The summed E-state index contributed by atoms with van der Waals surface area (Å²) in [5, 5.41) is 2.93. The second-order valence-corrected chi connectivity index (χ2v) is 5.86. The summed E-state index contributed by atoms with van der Waals surface area (Å²) in [6.07, 6.45) is 1.02. The average Bonchev–Trinajstić information content (AvgIpc) is 2.30. The van der Waals surface area contributed by atoms with Gasteiger partial charge in [-0.15, -0.1) is 11.8 Å². The fourth-order valence-corrected chi connectivity index (χ4v) is 2.37. The lowest BCUT2D eigenvalue weighted by Crippen LogP contribution is -2.26. The van der Waals surface area contributed by atoms with Crippen LogP contribution >= 0.6 is 11.8 Å². The van der Waals surface area contributed by atoms with Crippen molar-refractivity contribution in [1.82, 2.24) is 5.32 Å². The van der Waals surface area contributed by atoms with Crippen LogP contribution in [-0.2, 0) is 4.79 Å². The molecule has 3 nitrogen and oxygen atoms in total. The Morgan fingerprint density at radius 3 is 2.83 bits per heavy atom. The van der Waals surface area contributed by atoms with Crippen molar-refractivity contribution in [3.8, 4) is 0 Å². The number of carbonyl (C=O) groups is 1. The lowest BCUT2D eigenvalue weighted by molar-refractivity contribution is -0.118. The number of anilines is 1. The summed E-state index contributed by atoms with van der Waals surface area (Å²) in [7, 11) is 0. The molecule has 100 valence electrons. The second-order valence-electron chi connectivity index (χ2n) is 4.85. The normalized spacial score (nSPS) is 10.7. The van der Waals surface area contributed by atoms with Crippen LogP contribution in [0.4, 0.5) is 5.69 Å². The molecule has 18 heavy (non-hydrogen) atoms. The van der Waals surface area contributed by atoms with Gasteiger partial charge in [-0.1, -0.05) is 19.9 Å². The maximum absolute atomic E-state index is 11.6. The molecule has 0 radical (unpaired) electrons. The Morgan fingerprint density at radius 1 is 1.44 bits per heavy atom. The van der Waals surface area contributed by atoms with E-state index >= 15 is 0 Å². The molecule has 0 aliphatic rings. The molecule has 1 aromatic rings. The Balaban J connectivity index is 2.36. The predicted octanol–water partition coefficient (Wildman–Crippen LogP) is 2.83. The van der Waals surface area contributed by atoms with Crippen molar-refractivity contribution in [1.29, 1.82) is 0 Å². The minimum absolute atomic E-state index is 0.0856. The van der Waals surface area contributed by atoms with Crippen LogP contribution in [0.5, 0.6) is 0 Å². The van der Waals surface area contributed by atoms with Crippen molar-refractivity contribution in [3.63, 3.8) is 0 Å². The third kappa shape index (κ3) is 5.45. The number of carbonyl (C=O) groups excluding carboxylic acids is 1. The maximum atomic E-state index is 11.6. The van der Waals surface area contributed by atoms with E-state index in [9.17, 15) is 4.79 Å². The first-order valence-corrected chi connectivity index (χ1v) is 7.23. The van der Waals surface area contributed by atoms with Crippen molar-refractivity contribution in [3.05, 3.63) is 23.8 Å². The lowest BCUT2D eigenvalue weighted by atomic mass is 10.1. The molecule has 0 aliphatic heterocycles. The molecule has 1 aromatic carbocycles. The van der Waals surface area contributed by atoms with Gasteiger partial charge in [0, 0.05) is 17.1 Å². The zero-order chi connectivity index (χ0) is 13.5. The first kappa shape index (κ1) is 14.9. The average molecular weight is 266 g/mol. The summed E-state index contributed by atoms with van der Waals surface area (Å²) in [5.74, 6) is 1.15. The summed E-state index contributed by atoms with van der Waals surface area (Å²) in [5.41, 5.74) is 7.63. The standard InChI is InChI=1S/C14H22N2OS/c1-10(2)6-7-16-14(17)9-18-13-8-12(15)5-4-11(13)3/h4-5,8,10H,6-7,9,15H2,1-3H3,(H,16,17). The molecule has 0 saturated carbocycles. The molecule has 1 rings (SSSR count). The van der Waals surface area contributed by atoms with Gasteiger partial charge in [0.05, 0.1) is 5.75 Å². The van der Waals surface area contributed by atoms with Crippen LogP contribution in [0.25, 0.3) is 0 Å². The quantitative estimate of drug-likeness (QED) is 0.615. The highest BCUT2D eigenvalue weighted by Gasteiger charge is 2.05. The smallest absolute Gasteiger partial charge is 0.230 e. The number of thioether (sulfide) groups is 1. The molecule has 1 amide bonds. The summed E-state index contributed by atoms with van der Waals surface area (Å²) in [6.45, 7) is 7.08. The Morgan fingerprint density at radius 2 is 2.17 bits per heavy atom. The third-order valence-electron chi connectivity index (χ3n) is 2.61. The summed E-state index contributed by atoms with van der Waals surface area (Å²) < 4.78 is 0. The third-order valence-corrected chi connectivity index (χ3v) is 3.77. The van der Waals surface area contributed by atoms with Gasteiger partial charge in [-0.25, -0.2) is 0 Å². The molecule has 0 heterocycles. The van der Waals surface area contributed by atoms with Crippen LogP contribution in [-0.4, -0.2) is 18.2 Å². The van der Waals surface area contributed by atoms with E-state index < -0.39 is 0 Å². The van der Waals surface area contributed by atoms with E-state index in [4.69, 9.17) is 5.73 Å². The van der Waals surface area contributed by atoms with E-state index in [0.29, 0.717) is 11.7 Å². The lowest BCUT2D eigenvalue weighted by Gasteiger charge is -2.08. The number of amides is 1. The van der Waals surface area contributed by atoms with Crippen LogP contribution in [0.2, 0.25) is 0 Å². The monoisotopic (exact) mass is 266 g/mol. The summed E-state index contributed by atoms with van der Waals surface area (Å²) in [4.78, 5) is 12.7. The molecule has 0 aromatic heterocycles. The van der Waals surface area contributed by atoms with E-state index in [-0.39, 0.29) is 5.91 Å². The number of aryl methyl sites for hydroxylation is 1. The number of nitrogens with one attached hydrogen (secondary N) is 1. The van der Waals surface area contributed by atoms with Crippen LogP contribution in [0.1, 0.15) is 25.8 Å². The molecule has 0 aliphatic carbocycles. The van der Waals surface area contributed by atoms with Gasteiger partial charge in [-0.05, 0) is 37.0 Å². The van der Waals surface area contributed by atoms with E-state index in [1.54, 1.807) is 0 Å². The molecular weight excluding hydrogens is 244 g/mol. The van der Waals surface area contributed by atoms with Crippen LogP contribution < -0.4 is 11.1 Å². The minimum atomic E-state index is 0.0856. The zero-order valence-corrected chi connectivity index (χ0v) is 12.1. The SMILES string of the molecule is Cc1ccc(N)cc1SCC(=O)NCCC(C)C. The Bertz CT molecular complexity index is 405.